The number of rotatable bonds is 2. The number of nitrogens with zero attached hydrogens (tertiary/aromatic N) is 1. The summed E-state index contributed by atoms with van der Waals surface area (Å²) in [6, 6.07) is 7.46. The third-order valence-corrected chi connectivity index (χ3v) is 4.83. The van der Waals surface area contributed by atoms with Crippen LogP contribution in [0.4, 0.5) is 5.69 Å². The second kappa shape index (κ2) is 5.38. The Morgan fingerprint density at radius 3 is 2.89 bits per heavy atom. The third kappa shape index (κ3) is 2.33. The summed E-state index contributed by atoms with van der Waals surface area (Å²) in [5.74, 6) is -0.582. The largest absolute Gasteiger partial charge is 0.462 e. The summed E-state index contributed by atoms with van der Waals surface area (Å²) in [4.78, 5) is 13.5. The molecule has 0 radical (unpaired) electrons. The zero-order chi connectivity index (χ0) is 13.1. The van der Waals surface area contributed by atoms with Gasteiger partial charge in [0, 0.05) is 15.5 Å². The molecule has 0 bridgehead atoms. The number of fused-ring (bicyclic) bond motifs is 1. The highest BCUT2D eigenvalue weighted by atomic mass is 32.2. The van der Waals surface area contributed by atoms with Crippen molar-refractivity contribution in [1.82, 2.24) is 0 Å². The molecule has 4 nitrogen and oxygen atoms in total. The molecule has 0 unspecified atom stereocenters. The van der Waals surface area contributed by atoms with E-state index in [1.807, 2.05) is 18.2 Å². The van der Waals surface area contributed by atoms with Crippen LogP contribution < -0.4 is 5.73 Å². The number of ether oxygens (including phenoxy) is 1. The van der Waals surface area contributed by atoms with Gasteiger partial charge < -0.3 is 10.5 Å². The number of nitrogen functional groups attached to an aromatic ring is 1. The van der Waals surface area contributed by atoms with Gasteiger partial charge in [-0.2, -0.15) is 5.26 Å². The maximum atomic E-state index is 11.6. The van der Waals surface area contributed by atoms with E-state index in [0.29, 0.717) is 9.92 Å². The molecule has 0 atom stereocenters. The first-order valence-electron chi connectivity index (χ1n) is 5.23. The van der Waals surface area contributed by atoms with Crippen LogP contribution in [0.3, 0.4) is 0 Å². The Balaban J connectivity index is 2.36. The molecule has 0 aromatic heterocycles. The SMILES string of the molecule is CCOC(=O)/C(C#N)=C1/Sc2cccc(N)c2S1. The van der Waals surface area contributed by atoms with Crippen molar-refractivity contribution >= 4 is 35.2 Å². The average Bonchev–Trinajstić information content (AvgIpc) is 2.75. The fourth-order valence-corrected chi connectivity index (χ4v) is 3.91. The van der Waals surface area contributed by atoms with Gasteiger partial charge in [-0.15, -0.1) is 0 Å². The molecule has 18 heavy (non-hydrogen) atoms. The lowest BCUT2D eigenvalue weighted by Gasteiger charge is -2.01. The minimum atomic E-state index is -0.582. The number of thioether (sulfide) groups is 2. The van der Waals surface area contributed by atoms with Crippen LogP contribution in [0.25, 0.3) is 0 Å². The summed E-state index contributed by atoms with van der Waals surface area (Å²) in [6.07, 6.45) is 0. The molecule has 0 aliphatic carbocycles. The molecule has 2 rings (SSSR count). The van der Waals surface area contributed by atoms with Gasteiger partial charge >= 0.3 is 5.97 Å². The second-order valence-electron chi connectivity index (χ2n) is 3.37. The number of anilines is 1. The molecule has 0 spiro atoms. The van der Waals surface area contributed by atoms with E-state index in [9.17, 15) is 4.79 Å². The average molecular weight is 278 g/mol. The molecule has 0 fully saturated rings. The molecular formula is C12H10N2O2S2. The molecule has 92 valence electrons. The Kier molecular flexibility index (Phi) is 3.84. The standard InChI is InChI=1S/C12H10N2O2S2/c1-2-16-11(15)7(6-13)12-17-9-5-3-4-8(14)10(9)18-12/h3-5H,2,14H2,1H3/b12-7-. The lowest BCUT2D eigenvalue weighted by atomic mass is 10.3. The molecule has 1 aromatic rings. The maximum Gasteiger partial charge on any atom is 0.350 e. The second-order valence-corrected chi connectivity index (χ2v) is 5.70. The monoisotopic (exact) mass is 278 g/mol. The topological polar surface area (TPSA) is 76.1 Å². The molecule has 2 N–H and O–H groups in total. The summed E-state index contributed by atoms with van der Waals surface area (Å²) < 4.78 is 5.49. The van der Waals surface area contributed by atoms with E-state index in [-0.39, 0.29) is 12.2 Å². The van der Waals surface area contributed by atoms with Crippen molar-refractivity contribution < 1.29 is 9.53 Å². The fraction of sp³-hybridized carbons (Fsp3) is 0.167. The fourth-order valence-electron chi connectivity index (χ4n) is 1.42. The molecule has 6 heteroatoms. The molecule has 0 saturated heterocycles. The lowest BCUT2D eigenvalue weighted by Crippen LogP contribution is -2.07. The first-order chi connectivity index (χ1) is 8.67. The molecule has 1 heterocycles. The quantitative estimate of drug-likeness (QED) is 0.388. The van der Waals surface area contributed by atoms with Crippen LogP contribution in [0.2, 0.25) is 0 Å². The Labute approximate surface area is 113 Å². The van der Waals surface area contributed by atoms with Gasteiger partial charge in [-0.25, -0.2) is 4.79 Å². The number of hydrogen-bond acceptors (Lipinski definition) is 6. The van der Waals surface area contributed by atoms with Crippen molar-refractivity contribution in [1.29, 1.82) is 5.26 Å². The minimum Gasteiger partial charge on any atom is -0.462 e. The first-order valence-corrected chi connectivity index (χ1v) is 6.86. The number of hydrogen-bond donors (Lipinski definition) is 1. The van der Waals surface area contributed by atoms with E-state index in [0.717, 1.165) is 9.79 Å². The van der Waals surface area contributed by atoms with Crippen molar-refractivity contribution in [2.24, 2.45) is 0 Å². The number of carbonyl (C=O) groups excluding carboxylic acids is 1. The van der Waals surface area contributed by atoms with Crippen LogP contribution in [-0.4, -0.2) is 12.6 Å². The van der Waals surface area contributed by atoms with Crippen LogP contribution >= 0.6 is 23.5 Å². The van der Waals surface area contributed by atoms with Gasteiger partial charge in [-0.1, -0.05) is 29.6 Å². The molecule has 1 aromatic carbocycles. The molecule has 1 aliphatic heterocycles. The number of benzene rings is 1. The van der Waals surface area contributed by atoms with Crippen molar-refractivity contribution in [2.75, 3.05) is 12.3 Å². The van der Waals surface area contributed by atoms with Crippen molar-refractivity contribution in [2.45, 2.75) is 16.7 Å². The zero-order valence-corrected chi connectivity index (χ0v) is 11.2. The van der Waals surface area contributed by atoms with Crippen LogP contribution in [-0.2, 0) is 9.53 Å². The van der Waals surface area contributed by atoms with E-state index in [1.54, 1.807) is 13.0 Å². The van der Waals surface area contributed by atoms with E-state index in [4.69, 9.17) is 15.7 Å². The summed E-state index contributed by atoms with van der Waals surface area (Å²) in [7, 11) is 0. The van der Waals surface area contributed by atoms with Gasteiger partial charge in [-0.3, -0.25) is 0 Å². The number of carbonyl (C=O) groups is 1. The first kappa shape index (κ1) is 12.9. The number of esters is 1. The van der Waals surface area contributed by atoms with Gasteiger partial charge in [-0.05, 0) is 19.1 Å². The summed E-state index contributed by atoms with van der Waals surface area (Å²) >= 11 is 2.72. The highest BCUT2D eigenvalue weighted by Gasteiger charge is 2.26. The van der Waals surface area contributed by atoms with Crippen LogP contribution in [0.5, 0.6) is 0 Å². The van der Waals surface area contributed by atoms with E-state index >= 15 is 0 Å². The molecule has 0 saturated carbocycles. The van der Waals surface area contributed by atoms with Crippen molar-refractivity contribution in [3.63, 3.8) is 0 Å². The summed E-state index contributed by atoms with van der Waals surface area (Å²) in [5, 5.41) is 9.07. The Bertz CT molecular complexity index is 576. The normalized spacial score (nSPS) is 15.8. The number of nitriles is 1. The predicted molar refractivity (Wildman–Crippen MR) is 71.8 cm³/mol. The van der Waals surface area contributed by atoms with E-state index in [2.05, 4.69) is 0 Å². The third-order valence-electron chi connectivity index (χ3n) is 2.20. The highest BCUT2D eigenvalue weighted by Crippen LogP contribution is 2.54. The summed E-state index contributed by atoms with van der Waals surface area (Å²) in [6.45, 7) is 1.96. The lowest BCUT2D eigenvalue weighted by molar-refractivity contribution is -0.138. The van der Waals surface area contributed by atoms with Crippen LogP contribution in [0.15, 0.2) is 37.8 Å². The molecule has 1 aliphatic rings. The smallest absolute Gasteiger partial charge is 0.350 e. The minimum absolute atomic E-state index is 0.0439. The van der Waals surface area contributed by atoms with Crippen molar-refractivity contribution in [3.8, 4) is 6.07 Å². The summed E-state index contributed by atoms with van der Waals surface area (Å²) in [5.41, 5.74) is 6.55. The predicted octanol–water partition coefficient (Wildman–Crippen LogP) is 2.76. The zero-order valence-electron chi connectivity index (χ0n) is 9.60. The van der Waals surface area contributed by atoms with Gasteiger partial charge in [0.1, 0.15) is 6.07 Å². The van der Waals surface area contributed by atoms with E-state index in [1.165, 1.54) is 23.5 Å². The van der Waals surface area contributed by atoms with Crippen LogP contribution in [0.1, 0.15) is 6.92 Å². The Morgan fingerprint density at radius 2 is 2.28 bits per heavy atom. The Hall–Kier alpha value is -1.58. The van der Waals surface area contributed by atoms with Gasteiger partial charge in [0.15, 0.2) is 5.57 Å². The van der Waals surface area contributed by atoms with E-state index < -0.39 is 5.97 Å². The molecular weight excluding hydrogens is 268 g/mol. The van der Waals surface area contributed by atoms with Crippen molar-refractivity contribution in [3.05, 3.63) is 28.0 Å². The van der Waals surface area contributed by atoms with Crippen LogP contribution in [0, 0.1) is 11.3 Å². The molecule has 0 amide bonds. The number of nitrogens with two attached hydrogens (primary N) is 1. The highest BCUT2D eigenvalue weighted by molar-refractivity contribution is 8.24. The van der Waals surface area contributed by atoms with Gasteiger partial charge in [0.05, 0.1) is 10.8 Å². The van der Waals surface area contributed by atoms with Gasteiger partial charge in [0.25, 0.3) is 0 Å². The Morgan fingerprint density at radius 1 is 1.50 bits per heavy atom. The van der Waals surface area contributed by atoms with Gasteiger partial charge in [0.2, 0.25) is 0 Å². The maximum absolute atomic E-state index is 11.6.